The van der Waals surface area contributed by atoms with Crippen molar-refractivity contribution in [2.45, 2.75) is 32.1 Å². The van der Waals surface area contributed by atoms with Crippen molar-refractivity contribution in [1.82, 2.24) is 4.90 Å². The van der Waals surface area contributed by atoms with Crippen LogP contribution in [-0.2, 0) is 5.41 Å². The van der Waals surface area contributed by atoms with Gasteiger partial charge in [0.15, 0.2) is 0 Å². The molecule has 18 heavy (non-hydrogen) atoms. The van der Waals surface area contributed by atoms with Gasteiger partial charge in [-0.1, -0.05) is 44.2 Å². The number of hydrogen-bond donors (Lipinski definition) is 0. The van der Waals surface area contributed by atoms with Gasteiger partial charge in [-0.3, -0.25) is 0 Å². The van der Waals surface area contributed by atoms with E-state index in [-0.39, 0.29) is 5.41 Å². The Morgan fingerprint density at radius 3 is 2.56 bits per heavy atom. The first-order valence-electron chi connectivity index (χ1n) is 6.96. The van der Waals surface area contributed by atoms with E-state index in [2.05, 4.69) is 36.9 Å². The summed E-state index contributed by atoms with van der Waals surface area (Å²) in [6.45, 7) is 7.64. The maximum absolute atomic E-state index is 9.78. The summed E-state index contributed by atoms with van der Waals surface area (Å²) in [5.41, 5.74) is 0.892. The molecule has 1 aliphatic rings. The van der Waals surface area contributed by atoms with Crippen LogP contribution in [0.15, 0.2) is 30.3 Å². The highest BCUT2D eigenvalue weighted by molar-refractivity contribution is 5.34. The second kappa shape index (κ2) is 5.54. The molecule has 0 N–H and O–H groups in total. The molecular formula is C16H22N2. The zero-order chi connectivity index (χ0) is 13.0. The van der Waals surface area contributed by atoms with Gasteiger partial charge in [0.25, 0.3) is 0 Å². The Morgan fingerprint density at radius 1 is 1.33 bits per heavy atom. The third kappa shape index (κ3) is 2.15. The summed E-state index contributed by atoms with van der Waals surface area (Å²) in [4.78, 5) is 2.45. The van der Waals surface area contributed by atoms with E-state index in [1.165, 1.54) is 5.56 Å². The van der Waals surface area contributed by atoms with Crippen LogP contribution in [0.4, 0.5) is 0 Å². The Morgan fingerprint density at radius 2 is 2.06 bits per heavy atom. The van der Waals surface area contributed by atoms with E-state index in [1.807, 2.05) is 18.2 Å². The predicted molar refractivity (Wildman–Crippen MR) is 74.2 cm³/mol. The highest BCUT2D eigenvalue weighted by atomic mass is 15.1. The van der Waals surface area contributed by atoms with Crippen molar-refractivity contribution >= 4 is 0 Å². The quantitative estimate of drug-likeness (QED) is 0.810. The standard InChI is InChI=1S/C16H22N2/c1-3-16(13-17,14-8-6-5-7-9-14)15-10-11-18(4-2)12-15/h5-9,15H,3-4,10-12H2,1-2H3/t15-,16-/m0/s1. The first-order valence-corrected chi connectivity index (χ1v) is 6.96. The maximum atomic E-state index is 9.78. The smallest absolute Gasteiger partial charge is 0.0860 e. The minimum atomic E-state index is -0.300. The van der Waals surface area contributed by atoms with Crippen molar-refractivity contribution in [3.8, 4) is 6.07 Å². The van der Waals surface area contributed by atoms with Crippen molar-refractivity contribution in [1.29, 1.82) is 5.26 Å². The van der Waals surface area contributed by atoms with Gasteiger partial charge in [-0.15, -0.1) is 0 Å². The Labute approximate surface area is 110 Å². The second-order valence-corrected chi connectivity index (χ2v) is 5.18. The Kier molecular flexibility index (Phi) is 4.04. The minimum Gasteiger partial charge on any atom is -0.303 e. The van der Waals surface area contributed by atoms with Crippen LogP contribution in [0.2, 0.25) is 0 Å². The van der Waals surface area contributed by atoms with Crippen molar-refractivity contribution in [2.24, 2.45) is 5.92 Å². The molecule has 0 unspecified atom stereocenters. The minimum absolute atomic E-state index is 0.300. The van der Waals surface area contributed by atoms with Gasteiger partial charge in [0, 0.05) is 6.54 Å². The first kappa shape index (κ1) is 13.1. The average Bonchev–Trinajstić information content (AvgIpc) is 2.91. The molecule has 2 nitrogen and oxygen atoms in total. The molecule has 0 bridgehead atoms. The van der Waals surface area contributed by atoms with Gasteiger partial charge in [-0.05, 0) is 37.4 Å². The summed E-state index contributed by atoms with van der Waals surface area (Å²) >= 11 is 0. The Bertz CT molecular complexity index is 420. The lowest BCUT2D eigenvalue weighted by Crippen LogP contribution is -2.35. The molecule has 0 radical (unpaired) electrons. The molecule has 2 atom stereocenters. The molecule has 0 aromatic heterocycles. The summed E-state index contributed by atoms with van der Waals surface area (Å²) in [5, 5.41) is 9.78. The number of hydrogen-bond acceptors (Lipinski definition) is 2. The normalized spacial score (nSPS) is 23.5. The van der Waals surface area contributed by atoms with E-state index in [1.54, 1.807) is 0 Å². The number of benzene rings is 1. The number of likely N-dealkylation sites (tertiary alicyclic amines) is 1. The molecule has 0 saturated carbocycles. The Hall–Kier alpha value is -1.33. The van der Waals surface area contributed by atoms with Gasteiger partial charge < -0.3 is 4.90 Å². The molecule has 0 spiro atoms. The molecule has 0 amide bonds. The zero-order valence-corrected chi connectivity index (χ0v) is 11.4. The first-order chi connectivity index (χ1) is 8.76. The molecule has 0 aliphatic carbocycles. The summed E-state index contributed by atoms with van der Waals surface area (Å²) in [6, 6.07) is 13.0. The summed E-state index contributed by atoms with van der Waals surface area (Å²) in [7, 11) is 0. The molecule has 1 aromatic carbocycles. The van der Waals surface area contributed by atoms with E-state index in [0.29, 0.717) is 5.92 Å². The molecule has 1 saturated heterocycles. The van der Waals surface area contributed by atoms with Gasteiger partial charge in [-0.25, -0.2) is 0 Å². The van der Waals surface area contributed by atoms with Crippen molar-refractivity contribution in [2.75, 3.05) is 19.6 Å². The van der Waals surface area contributed by atoms with Gasteiger partial charge in [0.2, 0.25) is 0 Å². The third-order valence-electron chi connectivity index (χ3n) is 4.46. The van der Waals surface area contributed by atoms with Crippen LogP contribution >= 0.6 is 0 Å². The van der Waals surface area contributed by atoms with Gasteiger partial charge >= 0.3 is 0 Å². The van der Waals surface area contributed by atoms with Crippen molar-refractivity contribution < 1.29 is 0 Å². The lowest BCUT2D eigenvalue weighted by molar-refractivity contribution is 0.294. The number of nitrogens with zero attached hydrogens (tertiary/aromatic N) is 2. The monoisotopic (exact) mass is 242 g/mol. The zero-order valence-electron chi connectivity index (χ0n) is 11.4. The molecule has 2 rings (SSSR count). The van der Waals surface area contributed by atoms with Crippen LogP contribution in [0.1, 0.15) is 32.3 Å². The Balaban J connectivity index is 2.31. The van der Waals surface area contributed by atoms with E-state index >= 15 is 0 Å². The molecular weight excluding hydrogens is 220 g/mol. The molecule has 2 heteroatoms. The summed E-state index contributed by atoms with van der Waals surface area (Å²) in [6.07, 6.45) is 2.04. The fourth-order valence-corrected chi connectivity index (χ4v) is 3.22. The van der Waals surface area contributed by atoms with Crippen molar-refractivity contribution in [3.05, 3.63) is 35.9 Å². The number of rotatable bonds is 4. The number of nitriles is 1. The average molecular weight is 242 g/mol. The fourth-order valence-electron chi connectivity index (χ4n) is 3.22. The van der Waals surface area contributed by atoms with Crippen LogP contribution in [0.25, 0.3) is 0 Å². The van der Waals surface area contributed by atoms with Crippen LogP contribution < -0.4 is 0 Å². The molecule has 1 fully saturated rings. The highest BCUT2D eigenvalue weighted by Gasteiger charge is 2.42. The molecule has 1 aromatic rings. The topological polar surface area (TPSA) is 27.0 Å². The van der Waals surface area contributed by atoms with Crippen LogP contribution in [0.3, 0.4) is 0 Å². The van der Waals surface area contributed by atoms with Crippen LogP contribution in [0, 0.1) is 17.2 Å². The van der Waals surface area contributed by atoms with E-state index in [4.69, 9.17) is 0 Å². The van der Waals surface area contributed by atoms with Gasteiger partial charge in [-0.2, -0.15) is 5.26 Å². The molecule has 1 aliphatic heterocycles. The van der Waals surface area contributed by atoms with Gasteiger partial charge in [0.05, 0.1) is 11.5 Å². The third-order valence-corrected chi connectivity index (χ3v) is 4.46. The van der Waals surface area contributed by atoms with Crippen LogP contribution in [0.5, 0.6) is 0 Å². The van der Waals surface area contributed by atoms with Crippen molar-refractivity contribution in [3.63, 3.8) is 0 Å². The maximum Gasteiger partial charge on any atom is 0.0860 e. The SMILES string of the molecule is CCN1CC[C@H]([C@](C#N)(CC)c2ccccc2)C1. The lowest BCUT2D eigenvalue weighted by Gasteiger charge is -2.32. The fraction of sp³-hybridized carbons (Fsp3) is 0.562. The highest BCUT2D eigenvalue weighted by Crippen LogP contribution is 2.40. The van der Waals surface area contributed by atoms with Gasteiger partial charge in [0.1, 0.15) is 0 Å². The predicted octanol–water partition coefficient (Wildman–Crippen LogP) is 3.20. The molecule has 1 heterocycles. The largest absolute Gasteiger partial charge is 0.303 e. The van der Waals surface area contributed by atoms with E-state index < -0.39 is 0 Å². The van der Waals surface area contributed by atoms with Crippen LogP contribution in [-0.4, -0.2) is 24.5 Å². The van der Waals surface area contributed by atoms with E-state index in [0.717, 1.165) is 32.5 Å². The lowest BCUT2D eigenvalue weighted by atomic mass is 9.69. The summed E-state index contributed by atoms with van der Waals surface area (Å²) in [5.74, 6) is 0.467. The molecule has 96 valence electrons. The summed E-state index contributed by atoms with van der Waals surface area (Å²) < 4.78 is 0. The second-order valence-electron chi connectivity index (χ2n) is 5.18. The van der Waals surface area contributed by atoms with E-state index in [9.17, 15) is 5.26 Å².